The molecule has 0 atom stereocenters. The summed E-state index contributed by atoms with van der Waals surface area (Å²) >= 11 is 0.877. The number of carbonyl (C=O) groups is 3. The van der Waals surface area contributed by atoms with Gasteiger partial charge in [-0.15, -0.1) is 0 Å². The van der Waals surface area contributed by atoms with Gasteiger partial charge in [-0.3, -0.25) is 14.5 Å². The number of carboxylic acids is 1. The lowest BCUT2D eigenvalue weighted by Gasteiger charge is -2.06. The van der Waals surface area contributed by atoms with Crippen molar-refractivity contribution in [1.82, 2.24) is 4.90 Å². The first-order valence-electron chi connectivity index (χ1n) is 7.60. The number of benzene rings is 1. The molecule has 3 rings (SSSR count). The number of thioether (sulfide) groups is 1. The van der Waals surface area contributed by atoms with Crippen LogP contribution in [0.5, 0.6) is 0 Å². The van der Waals surface area contributed by atoms with Gasteiger partial charge >= 0.3 is 5.97 Å². The van der Waals surface area contributed by atoms with Crippen LogP contribution in [0.4, 0.5) is 4.79 Å². The zero-order valence-corrected chi connectivity index (χ0v) is 14.4. The van der Waals surface area contributed by atoms with E-state index < -0.39 is 5.97 Å². The van der Waals surface area contributed by atoms with Crippen LogP contribution in [0.25, 0.3) is 17.4 Å². The first-order valence-corrected chi connectivity index (χ1v) is 8.42. The van der Waals surface area contributed by atoms with Crippen LogP contribution in [0, 0.1) is 6.92 Å². The van der Waals surface area contributed by atoms with Crippen molar-refractivity contribution in [1.29, 1.82) is 0 Å². The molecule has 0 aliphatic carbocycles. The van der Waals surface area contributed by atoms with Gasteiger partial charge in [-0.1, -0.05) is 6.07 Å². The molecule has 0 radical (unpaired) electrons. The van der Waals surface area contributed by atoms with E-state index in [0.717, 1.165) is 17.3 Å². The second kappa shape index (κ2) is 6.60. The molecule has 0 saturated carbocycles. The molecule has 7 heteroatoms. The fourth-order valence-electron chi connectivity index (χ4n) is 2.50. The summed E-state index contributed by atoms with van der Waals surface area (Å²) in [6.07, 6.45) is 1.53. The van der Waals surface area contributed by atoms with E-state index in [0.29, 0.717) is 28.5 Å². The highest BCUT2D eigenvalue weighted by atomic mass is 32.2. The van der Waals surface area contributed by atoms with Crippen molar-refractivity contribution in [3.05, 3.63) is 52.1 Å². The van der Waals surface area contributed by atoms with Gasteiger partial charge in [0.2, 0.25) is 0 Å². The Kier molecular flexibility index (Phi) is 4.50. The summed E-state index contributed by atoms with van der Waals surface area (Å²) in [7, 11) is 0. The van der Waals surface area contributed by atoms with Crippen molar-refractivity contribution in [2.45, 2.75) is 13.8 Å². The molecule has 1 aromatic heterocycles. The highest BCUT2D eigenvalue weighted by molar-refractivity contribution is 8.18. The summed E-state index contributed by atoms with van der Waals surface area (Å²) in [5.41, 5.74) is 1.71. The van der Waals surface area contributed by atoms with Gasteiger partial charge in [0.1, 0.15) is 11.5 Å². The Morgan fingerprint density at radius 2 is 2.04 bits per heavy atom. The fourth-order valence-corrected chi connectivity index (χ4v) is 3.38. The number of hydrogen-bond donors (Lipinski definition) is 1. The van der Waals surface area contributed by atoms with Crippen molar-refractivity contribution < 1.29 is 23.9 Å². The first kappa shape index (κ1) is 17.0. The van der Waals surface area contributed by atoms with E-state index in [1.807, 2.05) is 6.92 Å². The normalized spacial score (nSPS) is 16.1. The van der Waals surface area contributed by atoms with E-state index in [9.17, 15) is 14.4 Å². The third-order valence-corrected chi connectivity index (χ3v) is 4.75. The summed E-state index contributed by atoms with van der Waals surface area (Å²) < 4.78 is 5.73. The molecule has 1 saturated heterocycles. The molecule has 128 valence electrons. The third kappa shape index (κ3) is 3.23. The maximum absolute atomic E-state index is 12.1. The number of furan rings is 1. The van der Waals surface area contributed by atoms with E-state index in [2.05, 4.69) is 0 Å². The molecule has 25 heavy (non-hydrogen) atoms. The van der Waals surface area contributed by atoms with Crippen molar-refractivity contribution >= 4 is 35.0 Å². The van der Waals surface area contributed by atoms with Gasteiger partial charge in [0, 0.05) is 18.2 Å². The molecule has 2 heterocycles. The molecule has 2 amide bonds. The Morgan fingerprint density at radius 1 is 1.28 bits per heavy atom. The molecule has 1 N–H and O–H groups in total. The van der Waals surface area contributed by atoms with Crippen LogP contribution < -0.4 is 0 Å². The average molecular weight is 357 g/mol. The molecule has 0 bridgehead atoms. The number of aryl methyl sites for hydroxylation is 1. The van der Waals surface area contributed by atoms with Crippen molar-refractivity contribution in [3.63, 3.8) is 0 Å². The third-order valence-electron chi connectivity index (χ3n) is 3.84. The second-order valence-corrected chi connectivity index (χ2v) is 6.46. The lowest BCUT2D eigenvalue weighted by atomic mass is 10.0. The predicted octanol–water partition coefficient (Wildman–Crippen LogP) is 4.01. The lowest BCUT2D eigenvalue weighted by Crippen LogP contribution is -2.27. The highest BCUT2D eigenvalue weighted by Gasteiger charge is 2.33. The molecule has 0 unspecified atom stereocenters. The maximum atomic E-state index is 12.1. The van der Waals surface area contributed by atoms with Crippen LogP contribution in [0.15, 0.2) is 39.7 Å². The Hall–Kier alpha value is -2.80. The van der Waals surface area contributed by atoms with Crippen LogP contribution in [0.3, 0.4) is 0 Å². The topological polar surface area (TPSA) is 87.8 Å². The molecule has 1 aliphatic rings. The highest BCUT2D eigenvalue weighted by Crippen LogP contribution is 2.33. The summed E-state index contributed by atoms with van der Waals surface area (Å²) in [6, 6.07) is 8.19. The maximum Gasteiger partial charge on any atom is 0.335 e. The van der Waals surface area contributed by atoms with Gasteiger partial charge in [0.25, 0.3) is 11.1 Å². The number of nitrogens with zero attached hydrogens (tertiary/aromatic N) is 1. The first-order chi connectivity index (χ1) is 11.9. The van der Waals surface area contributed by atoms with Crippen LogP contribution in [-0.2, 0) is 4.79 Å². The quantitative estimate of drug-likeness (QED) is 0.832. The summed E-state index contributed by atoms with van der Waals surface area (Å²) in [4.78, 5) is 36.5. The lowest BCUT2D eigenvalue weighted by molar-refractivity contribution is -0.122. The Balaban J connectivity index is 1.93. The number of carbonyl (C=O) groups excluding carboxylic acids is 2. The molecule has 2 aromatic rings. The van der Waals surface area contributed by atoms with Gasteiger partial charge in [-0.05, 0) is 55.4 Å². The van der Waals surface area contributed by atoms with Gasteiger partial charge in [0.05, 0.1) is 10.5 Å². The van der Waals surface area contributed by atoms with E-state index in [4.69, 9.17) is 9.52 Å². The van der Waals surface area contributed by atoms with Crippen molar-refractivity contribution in [3.8, 4) is 11.3 Å². The fraction of sp³-hybridized carbons (Fsp3) is 0.167. The molecule has 1 fully saturated rings. The van der Waals surface area contributed by atoms with Gasteiger partial charge in [-0.2, -0.15) is 0 Å². The van der Waals surface area contributed by atoms with E-state index in [-0.39, 0.29) is 16.7 Å². The number of carboxylic acid groups (broad SMARTS) is 1. The number of amides is 2. The largest absolute Gasteiger partial charge is 0.478 e. The number of rotatable bonds is 4. The number of likely N-dealkylation sites (N-methyl/N-ethyl adjacent to an activating group) is 1. The SMILES string of the molecule is CCN1C(=O)SC(=Cc2ccc(-c3cc(C(=O)O)ccc3C)o2)C1=O. The summed E-state index contributed by atoms with van der Waals surface area (Å²) in [6.45, 7) is 3.92. The number of aromatic carboxylic acids is 1. The minimum Gasteiger partial charge on any atom is -0.478 e. The molecule has 1 aromatic carbocycles. The monoisotopic (exact) mass is 357 g/mol. The molecule has 1 aliphatic heterocycles. The zero-order valence-electron chi connectivity index (χ0n) is 13.6. The summed E-state index contributed by atoms with van der Waals surface area (Å²) in [5.74, 6) is -0.418. The van der Waals surface area contributed by atoms with Crippen LogP contribution in [-0.4, -0.2) is 33.7 Å². The van der Waals surface area contributed by atoms with E-state index >= 15 is 0 Å². The van der Waals surface area contributed by atoms with Crippen LogP contribution >= 0.6 is 11.8 Å². The predicted molar refractivity (Wildman–Crippen MR) is 94.2 cm³/mol. The Bertz CT molecular complexity index is 912. The zero-order chi connectivity index (χ0) is 18.1. The summed E-state index contributed by atoms with van der Waals surface area (Å²) in [5, 5.41) is 8.83. The van der Waals surface area contributed by atoms with E-state index in [1.54, 1.807) is 31.2 Å². The standard InChI is InChI=1S/C18H15NO5S/c1-3-19-16(20)15(25-18(19)23)9-12-6-7-14(24-12)13-8-11(17(21)22)5-4-10(13)2/h4-9H,3H2,1-2H3,(H,21,22). The minimum atomic E-state index is -1.01. The van der Waals surface area contributed by atoms with Crippen LogP contribution in [0.1, 0.15) is 28.6 Å². The second-order valence-electron chi connectivity index (χ2n) is 5.46. The molecular formula is C18H15NO5S. The Labute approximate surface area is 148 Å². The molecule has 6 nitrogen and oxygen atoms in total. The Morgan fingerprint density at radius 3 is 2.68 bits per heavy atom. The number of hydrogen-bond acceptors (Lipinski definition) is 5. The number of imide groups is 1. The average Bonchev–Trinajstić information content (AvgIpc) is 3.13. The van der Waals surface area contributed by atoms with E-state index in [1.165, 1.54) is 17.0 Å². The molecule has 0 spiro atoms. The van der Waals surface area contributed by atoms with Crippen molar-refractivity contribution in [2.75, 3.05) is 6.54 Å². The minimum absolute atomic E-state index is 0.169. The van der Waals surface area contributed by atoms with Gasteiger partial charge in [-0.25, -0.2) is 4.79 Å². The van der Waals surface area contributed by atoms with Crippen molar-refractivity contribution in [2.24, 2.45) is 0 Å². The van der Waals surface area contributed by atoms with Gasteiger partial charge in [0.15, 0.2) is 0 Å². The smallest absolute Gasteiger partial charge is 0.335 e. The van der Waals surface area contributed by atoms with Crippen LogP contribution in [0.2, 0.25) is 0 Å². The van der Waals surface area contributed by atoms with Gasteiger partial charge < -0.3 is 9.52 Å². The molecular weight excluding hydrogens is 342 g/mol.